The molecule has 0 amide bonds. The molecular formula is C9H18OS. The summed E-state index contributed by atoms with van der Waals surface area (Å²) in [4.78, 5) is 0.0759. The smallest absolute Gasteiger partial charge is 0.113 e. The van der Waals surface area contributed by atoms with Crippen molar-refractivity contribution in [3.8, 4) is 0 Å². The summed E-state index contributed by atoms with van der Waals surface area (Å²) < 4.78 is 5.80. The average molecular weight is 174 g/mol. The molecule has 1 aliphatic heterocycles. The molecule has 0 aromatic carbocycles. The summed E-state index contributed by atoms with van der Waals surface area (Å²) in [5, 5.41) is 0. The minimum atomic E-state index is 0.0759. The summed E-state index contributed by atoms with van der Waals surface area (Å²) in [7, 11) is 0. The lowest BCUT2D eigenvalue weighted by Gasteiger charge is -2.39. The molecule has 66 valence electrons. The quantitative estimate of drug-likeness (QED) is 0.604. The van der Waals surface area contributed by atoms with Crippen LogP contribution in [0.5, 0.6) is 0 Å². The molecule has 0 aliphatic carbocycles. The van der Waals surface area contributed by atoms with E-state index in [1.165, 1.54) is 5.75 Å². The Morgan fingerprint density at radius 2 is 2.18 bits per heavy atom. The maximum absolute atomic E-state index is 5.80. The molecule has 1 fully saturated rings. The van der Waals surface area contributed by atoms with Crippen LogP contribution in [0.4, 0.5) is 0 Å². The third kappa shape index (κ3) is 2.12. The first kappa shape index (κ1) is 9.40. The Morgan fingerprint density at radius 3 is 2.55 bits per heavy atom. The first-order chi connectivity index (χ1) is 5.04. The van der Waals surface area contributed by atoms with Gasteiger partial charge in [-0.1, -0.05) is 20.8 Å². The van der Waals surface area contributed by atoms with Crippen LogP contribution in [0.3, 0.4) is 0 Å². The van der Waals surface area contributed by atoms with Crippen LogP contribution >= 0.6 is 11.8 Å². The van der Waals surface area contributed by atoms with Crippen molar-refractivity contribution in [2.75, 3.05) is 12.4 Å². The second-order valence-electron chi connectivity index (χ2n) is 3.90. The average Bonchev–Trinajstić information content (AvgIpc) is 1.95. The summed E-state index contributed by atoms with van der Waals surface area (Å²) in [6.07, 6.45) is 0. The summed E-state index contributed by atoms with van der Waals surface area (Å²) in [6.45, 7) is 9.83. The standard InChI is InChI=1S/C9H18OS/c1-7(2)9(4)10-5-8(3)6-11-9/h7-8H,5-6H2,1-4H3. The molecule has 2 unspecified atom stereocenters. The van der Waals surface area contributed by atoms with Crippen molar-refractivity contribution in [3.05, 3.63) is 0 Å². The zero-order valence-corrected chi connectivity index (χ0v) is 8.70. The number of hydrogen-bond donors (Lipinski definition) is 0. The van der Waals surface area contributed by atoms with Gasteiger partial charge in [0.1, 0.15) is 4.93 Å². The second kappa shape index (κ2) is 3.36. The molecular weight excluding hydrogens is 156 g/mol. The van der Waals surface area contributed by atoms with E-state index in [0.29, 0.717) is 5.92 Å². The molecule has 1 rings (SSSR count). The molecule has 1 aliphatic rings. The molecule has 2 atom stereocenters. The van der Waals surface area contributed by atoms with E-state index >= 15 is 0 Å². The van der Waals surface area contributed by atoms with E-state index in [1.807, 2.05) is 11.8 Å². The molecule has 1 saturated heterocycles. The monoisotopic (exact) mass is 174 g/mol. The van der Waals surface area contributed by atoms with Crippen LogP contribution in [0.25, 0.3) is 0 Å². The first-order valence-corrected chi connectivity index (χ1v) is 5.31. The van der Waals surface area contributed by atoms with E-state index in [4.69, 9.17) is 4.74 Å². The Labute approximate surface area is 73.9 Å². The normalized spacial score (nSPS) is 39.5. The fraction of sp³-hybridized carbons (Fsp3) is 1.00. The third-order valence-corrected chi connectivity index (χ3v) is 4.26. The van der Waals surface area contributed by atoms with Gasteiger partial charge in [-0.25, -0.2) is 0 Å². The Kier molecular flexibility index (Phi) is 2.87. The highest BCUT2D eigenvalue weighted by atomic mass is 32.2. The lowest BCUT2D eigenvalue weighted by Crippen LogP contribution is -2.38. The largest absolute Gasteiger partial charge is 0.364 e. The van der Waals surface area contributed by atoms with Crippen molar-refractivity contribution in [3.63, 3.8) is 0 Å². The third-order valence-electron chi connectivity index (χ3n) is 2.36. The van der Waals surface area contributed by atoms with E-state index in [0.717, 1.165) is 12.5 Å². The van der Waals surface area contributed by atoms with Gasteiger partial charge in [0.05, 0.1) is 6.61 Å². The van der Waals surface area contributed by atoms with Crippen LogP contribution in [0, 0.1) is 11.8 Å². The van der Waals surface area contributed by atoms with Gasteiger partial charge in [-0.2, -0.15) is 0 Å². The lowest BCUT2D eigenvalue weighted by molar-refractivity contribution is -0.0148. The molecule has 0 N–H and O–H groups in total. The number of thioether (sulfide) groups is 1. The van der Waals surface area contributed by atoms with Crippen molar-refractivity contribution < 1.29 is 4.74 Å². The molecule has 0 spiro atoms. The Balaban J connectivity index is 2.48. The first-order valence-electron chi connectivity index (χ1n) is 4.32. The maximum atomic E-state index is 5.80. The Morgan fingerprint density at radius 1 is 1.55 bits per heavy atom. The van der Waals surface area contributed by atoms with E-state index < -0.39 is 0 Å². The van der Waals surface area contributed by atoms with Crippen LogP contribution in [0.15, 0.2) is 0 Å². The topological polar surface area (TPSA) is 9.23 Å². The second-order valence-corrected chi connectivity index (χ2v) is 5.33. The summed E-state index contributed by atoms with van der Waals surface area (Å²) in [5.41, 5.74) is 0. The van der Waals surface area contributed by atoms with Crippen LogP contribution in [-0.4, -0.2) is 17.3 Å². The highest BCUT2D eigenvalue weighted by Gasteiger charge is 2.34. The van der Waals surface area contributed by atoms with Gasteiger partial charge >= 0.3 is 0 Å². The van der Waals surface area contributed by atoms with Gasteiger partial charge < -0.3 is 4.74 Å². The number of hydrogen-bond acceptors (Lipinski definition) is 2. The highest BCUT2D eigenvalue weighted by molar-refractivity contribution is 8.00. The van der Waals surface area contributed by atoms with Gasteiger partial charge in [-0.3, -0.25) is 0 Å². The minimum Gasteiger partial charge on any atom is -0.364 e. The molecule has 0 bridgehead atoms. The SMILES string of the molecule is CC1COC(C)(C(C)C)SC1. The number of rotatable bonds is 1. The van der Waals surface area contributed by atoms with Gasteiger partial charge in [0.25, 0.3) is 0 Å². The van der Waals surface area contributed by atoms with Crippen molar-refractivity contribution in [1.29, 1.82) is 0 Å². The van der Waals surface area contributed by atoms with Gasteiger partial charge in [-0.15, -0.1) is 11.8 Å². The van der Waals surface area contributed by atoms with Crippen LogP contribution < -0.4 is 0 Å². The highest BCUT2D eigenvalue weighted by Crippen LogP contribution is 2.38. The zero-order valence-electron chi connectivity index (χ0n) is 7.89. The Hall–Kier alpha value is 0.310. The molecule has 0 saturated carbocycles. The molecule has 1 nitrogen and oxygen atoms in total. The van der Waals surface area contributed by atoms with Crippen molar-refractivity contribution in [1.82, 2.24) is 0 Å². The molecule has 2 heteroatoms. The Bertz CT molecular complexity index is 126. The maximum Gasteiger partial charge on any atom is 0.113 e. The van der Waals surface area contributed by atoms with Crippen LogP contribution in [0.2, 0.25) is 0 Å². The molecule has 0 radical (unpaired) electrons. The minimum absolute atomic E-state index is 0.0759. The lowest BCUT2D eigenvalue weighted by atomic mass is 10.1. The fourth-order valence-electron chi connectivity index (χ4n) is 1.04. The summed E-state index contributed by atoms with van der Waals surface area (Å²) in [6, 6.07) is 0. The zero-order chi connectivity index (χ0) is 8.48. The van der Waals surface area contributed by atoms with Gasteiger partial charge in [0.15, 0.2) is 0 Å². The van der Waals surface area contributed by atoms with E-state index in [1.54, 1.807) is 0 Å². The van der Waals surface area contributed by atoms with Gasteiger partial charge in [-0.05, 0) is 18.8 Å². The van der Waals surface area contributed by atoms with Crippen LogP contribution in [-0.2, 0) is 4.74 Å². The van der Waals surface area contributed by atoms with Gasteiger partial charge in [0, 0.05) is 5.75 Å². The molecule has 1 heterocycles. The van der Waals surface area contributed by atoms with Crippen molar-refractivity contribution in [2.24, 2.45) is 11.8 Å². The molecule has 11 heavy (non-hydrogen) atoms. The van der Waals surface area contributed by atoms with Crippen molar-refractivity contribution >= 4 is 11.8 Å². The molecule has 0 aromatic rings. The predicted molar refractivity (Wildman–Crippen MR) is 50.8 cm³/mol. The predicted octanol–water partition coefficient (Wildman–Crippen LogP) is 2.76. The molecule has 0 aromatic heterocycles. The van der Waals surface area contributed by atoms with Crippen molar-refractivity contribution in [2.45, 2.75) is 32.6 Å². The summed E-state index contributed by atoms with van der Waals surface area (Å²) in [5.74, 6) is 2.58. The van der Waals surface area contributed by atoms with E-state index in [9.17, 15) is 0 Å². The fourth-order valence-corrected chi connectivity index (χ4v) is 2.23. The van der Waals surface area contributed by atoms with E-state index in [-0.39, 0.29) is 4.93 Å². The van der Waals surface area contributed by atoms with Crippen LogP contribution in [0.1, 0.15) is 27.7 Å². The van der Waals surface area contributed by atoms with E-state index in [2.05, 4.69) is 27.7 Å². The van der Waals surface area contributed by atoms with Gasteiger partial charge in [0.2, 0.25) is 0 Å². The summed E-state index contributed by atoms with van der Waals surface area (Å²) >= 11 is 1.96. The number of ether oxygens (including phenoxy) is 1.